The summed E-state index contributed by atoms with van der Waals surface area (Å²) in [6.45, 7) is 4.34. The summed E-state index contributed by atoms with van der Waals surface area (Å²) in [7, 11) is 0. The van der Waals surface area contributed by atoms with Crippen LogP contribution in [0.25, 0.3) is 0 Å². The molecule has 0 aliphatic heterocycles. The lowest BCUT2D eigenvalue weighted by molar-refractivity contribution is -0.183. The van der Waals surface area contributed by atoms with E-state index in [9.17, 15) is 19.8 Å². The fourth-order valence-corrected chi connectivity index (χ4v) is 8.01. The molecule has 4 aliphatic carbocycles. The Hall–Kier alpha value is -1.89. The Morgan fingerprint density at radius 2 is 2.06 bits per heavy atom. The van der Waals surface area contributed by atoms with Gasteiger partial charge in [-0.2, -0.15) is 0 Å². The number of pyridine rings is 1. The molecule has 1 heterocycles. The van der Waals surface area contributed by atoms with Crippen LogP contribution in [0.15, 0.2) is 36.2 Å². The molecule has 178 valence electrons. The highest BCUT2D eigenvalue weighted by molar-refractivity contribution is 5.92. The van der Waals surface area contributed by atoms with E-state index in [1.165, 1.54) is 5.57 Å². The predicted octanol–water partition coefficient (Wildman–Crippen LogP) is 3.40. The predicted molar refractivity (Wildman–Crippen MR) is 122 cm³/mol. The van der Waals surface area contributed by atoms with Gasteiger partial charge in [-0.15, -0.1) is 0 Å². The van der Waals surface area contributed by atoms with Gasteiger partial charge >= 0.3 is 0 Å². The van der Waals surface area contributed by atoms with E-state index in [-0.39, 0.29) is 47.9 Å². The normalized spacial score (nSPS) is 42.2. The van der Waals surface area contributed by atoms with Crippen molar-refractivity contribution in [3.05, 3.63) is 41.7 Å². The molecule has 6 heteroatoms. The molecule has 0 amide bonds. The van der Waals surface area contributed by atoms with Gasteiger partial charge < -0.3 is 14.9 Å². The summed E-state index contributed by atoms with van der Waals surface area (Å²) in [4.78, 5) is 29.4. The van der Waals surface area contributed by atoms with Crippen LogP contribution in [-0.2, 0) is 20.9 Å². The molecule has 6 unspecified atom stereocenters. The van der Waals surface area contributed by atoms with Gasteiger partial charge in [0.1, 0.15) is 12.2 Å². The quantitative estimate of drug-likeness (QED) is 0.709. The molecule has 1 aromatic heterocycles. The lowest BCUT2D eigenvalue weighted by Gasteiger charge is -2.60. The molecular formula is C27H35NO5. The van der Waals surface area contributed by atoms with Crippen molar-refractivity contribution >= 4 is 11.6 Å². The maximum Gasteiger partial charge on any atom is 0.190 e. The number of ether oxygens (including phenoxy) is 1. The van der Waals surface area contributed by atoms with Gasteiger partial charge in [-0.1, -0.05) is 25.5 Å². The molecule has 33 heavy (non-hydrogen) atoms. The van der Waals surface area contributed by atoms with E-state index in [1.807, 2.05) is 25.1 Å². The number of hydrogen-bond acceptors (Lipinski definition) is 6. The average molecular weight is 454 g/mol. The second-order valence-electron chi connectivity index (χ2n) is 11.3. The number of aliphatic hydroxyl groups is 2. The monoisotopic (exact) mass is 453 g/mol. The fraction of sp³-hybridized carbons (Fsp3) is 0.667. The maximum atomic E-state index is 13.3. The number of allylic oxidation sites excluding steroid dienone is 1. The largest absolute Gasteiger partial charge is 0.393 e. The highest BCUT2D eigenvalue weighted by atomic mass is 16.5. The Balaban J connectivity index is 1.35. The number of Topliss-reactive ketones (excluding diaryl/α,β-unsaturated/α-hetero) is 1. The Kier molecular flexibility index (Phi) is 5.62. The van der Waals surface area contributed by atoms with E-state index in [2.05, 4.69) is 11.9 Å². The number of ketones is 2. The first-order chi connectivity index (χ1) is 15.7. The van der Waals surface area contributed by atoms with E-state index < -0.39 is 17.1 Å². The van der Waals surface area contributed by atoms with Crippen LogP contribution in [0.2, 0.25) is 0 Å². The Morgan fingerprint density at radius 1 is 1.24 bits per heavy atom. The maximum absolute atomic E-state index is 13.3. The molecular weight excluding hydrogens is 418 g/mol. The van der Waals surface area contributed by atoms with Crippen molar-refractivity contribution in [2.75, 3.05) is 6.61 Å². The standard InChI is InChI=1S/C27H35NO5/c1-25-9-7-19(29)12-18(25)5-6-20-21-8-10-27(32,26(21,2)13-22(30)24(20)25)23(31)16-33-15-17-4-3-11-28-14-17/h3-4,11-12,14,20-22,24,30,32H,5-10,13,15-16H2,1-2H3/t20?,21?,22?,24?,25?,26?,27-/m0/s1. The SMILES string of the molecule is CC12CCC(=O)C=C1CCC1C2C(O)CC2(C)C1CC[C@]2(O)C(=O)COCc1cccnc1. The van der Waals surface area contributed by atoms with Gasteiger partial charge in [0.2, 0.25) is 0 Å². The summed E-state index contributed by atoms with van der Waals surface area (Å²) in [6.07, 6.45) is 9.30. The van der Waals surface area contributed by atoms with Crippen molar-refractivity contribution in [2.45, 2.75) is 77.1 Å². The van der Waals surface area contributed by atoms with E-state index >= 15 is 0 Å². The van der Waals surface area contributed by atoms with Crippen molar-refractivity contribution < 1.29 is 24.5 Å². The molecule has 0 saturated heterocycles. The molecule has 2 N–H and O–H groups in total. The molecule has 5 rings (SSSR count). The Labute approximate surface area is 195 Å². The molecule has 0 bridgehead atoms. The summed E-state index contributed by atoms with van der Waals surface area (Å²) in [5.74, 6) is 0.403. The van der Waals surface area contributed by atoms with Gasteiger partial charge in [0.15, 0.2) is 11.6 Å². The van der Waals surface area contributed by atoms with Crippen molar-refractivity contribution in [1.82, 2.24) is 4.98 Å². The minimum Gasteiger partial charge on any atom is -0.393 e. The van der Waals surface area contributed by atoms with Crippen LogP contribution in [0, 0.1) is 28.6 Å². The number of carbonyl (C=O) groups excluding carboxylic acids is 2. The van der Waals surface area contributed by atoms with Crippen LogP contribution in [0.5, 0.6) is 0 Å². The Morgan fingerprint density at radius 3 is 2.82 bits per heavy atom. The summed E-state index contributed by atoms with van der Waals surface area (Å²) in [5.41, 5.74) is -0.262. The first kappa shape index (κ1) is 22.9. The zero-order valence-electron chi connectivity index (χ0n) is 19.6. The first-order valence-electron chi connectivity index (χ1n) is 12.3. The summed E-state index contributed by atoms with van der Waals surface area (Å²) < 4.78 is 5.66. The van der Waals surface area contributed by atoms with Crippen LogP contribution >= 0.6 is 0 Å². The zero-order valence-corrected chi connectivity index (χ0v) is 19.6. The third-order valence-electron chi connectivity index (χ3n) is 9.73. The second-order valence-corrected chi connectivity index (χ2v) is 11.3. The molecule has 3 saturated carbocycles. The number of aliphatic hydroxyl groups excluding tert-OH is 1. The van der Waals surface area contributed by atoms with Gasteiger partial charge in [0.05, 0.1) is 12.7 Å². The average Bonchev–Trinajstić information content (AvgIpc) is 3.06. The van der Waals surface area contributed by atoms with Gasteiger partial charge in [-0.05, 0) is 79.4 Å². The molecule has 0 aromatic carbocycles. The first-order valence-corrected chi connectivity index (χ1v) is 12.3. The number of carbonyl (C=O) groups is 2. The van der Waals surface area contributed by atoms with Gasteiger partial charge in [0, 0.05) is 24.2 Å². The van der Waals surface area contributed by atoms with Gasteiger partial charge in [-0.3, -0.25) is 14.6 Å². The molecule has 3 fully saturated rings. The minimum absolute atomic E-state index is 0.0722. The number of nitrogens with zero attached hydrogens (tertiary/aromatic N) is 1. The lowest BCUT2D eigenvalue weighted by atomic mass is 9.45. The van der Waals surface area contributed by atoms with Crippen molar-refractivity contribution in [1.29, 1.82) is 0 Å². The van der Waals surface area contributed by atoms with Crippen molar-refractivity contribution in [2.24, 2.45) is 28.6 Å². The molecule has 1 aromatic rings. The third-order valence-corrected chi connectivity index (χ3v) is 9.73. The van der Waals surface area contributed by atoms with E-state index in [4.69, 9.17) is 4.74 Å². The minimum atomic E-state index is -1.49. The van der Waals surface area contributed by atoms with Crippen LogP contribution in [0.1, 0.15) is 64.4 Å². The summed E-state index contributed by atoms with van der Waals surface area (Å²) in [5, 5.41) is 23.2. The van der Waals surface area contributed by atoms with Gasteiger partial charge in [-0.25, -0.2) is 0 Å². The number of rotatable bonds is 5. The van der Waals surface area contributed by atoms with Crippen molar-refractivity contribution in [3.63, 3.8) is 0 Å². The molecule has 0 radical (unpaired) electrons. The zero-order chi connectivity index (χ0) is 23.4. The van der Waals surface area contributed by atoms with E-state index in [1.54, 1.807) is 12.4 Å². The molecule has 7 atom stereocenters. The highest BCUT2D eigenvalue weighted by Gasteiger charge is 2.68. The molecule has 0 spiro atoms. The van der Waals surface area contributed by atoms with Gasteiger partial charge in [0.25, 0.3) is 0 Å². The van der Waals surface area contributed by atoms with E-state index in [0.717, 1.165) is 31.2 Å². The third kappa shape index (κ3) is 3.44. The second kappa shape index (κ2) is 8.10. The number of aromatic nitrogens is 1. The van der Waals surface area contributed by atoms with Crippen molar-refractivity contribution in [3.8, 4) is 0 Å². The topological polar surface area (TPSA) is 96.7 Å². The van der Waals surface area contributed by atoms with Crippen LogP contribution in [-0.4, -0.2) is 45.1 Å². The summed E-state index contributed by atoms with van der Waals surface area (Å²) in [6, 6.07) is 3.71. The van der Waals surface area contributed by atoms with E-state index in [0.29, 0.717) is 19.3 Å². The smallest absolute Gasteiger partial charge is 0.190 e. The summed E-state index contributed by atoms with van der Waals surface area (Å²) >= 11 is 0. The lowest BCUT2D eigenvalue weighted by Crippen LogP contribution is -2.62. The van der Waals surface area contributed by atoms with Crippen LogP contribution in [0.3, 0.4) is 0 Å². The number of fused-ring (bicyclic) bond motifs is 5. The molecule has 6 nitrogen and oxygen atoms in total. The van der Waals surface area contributed by atoms with Crippen LogP contribution in [0.4, 0.5) is 0 Å². The Bertz CT molecular complexity index is 976. The molecule has 4 aliphatic rings. The highest BCUT2D eigenvalue weighted by Crippen LogP contribution is 2.67. The van der Waals surface area contributed by atoms with Crippen LogP contribution < -0.4 is 0 Å². The number of hydrogen-bond donors (Lipinski definition) is 2. The fourth-order valence-electron chi connectivity index (χ4n) is 8.01.